The van der Waals surface area contributed by atoms with Crippen LogP contribution in [0.2, 0.25) is 0 Å². The van der Waals surface area contributed by atoms with Crippen LogP contribution in [0.5, 0.6) is 5.75 Å². The Kier molecular flexibility index (Phi) is 5.23. The average molecular weight is 263 g/mol. The van der Waals surface area contributed by atoms with E-state index in [2.05, 4.69) is 12.2 Å². The van der Waals surface area contributed by atoms with Crippen molar-refractivity contribution in [3.8, 4) is 5.75 Å². The molecule has 1 aliphatic rings. The van der Waals surface area contributed by atoms with Crippen molar-refractivity contribution in [2.75, 3.05) is 13.2 Å². The second-order valence-electron chi connectivity index (χ2n) is 5.71. The van der Waals surface area contributed by atoms with Crippen molar-refractivity contribution in [2.24, 2.45) is 11.8 Å². The van der Waals surface area contributed by atoms with Crippen LogP contribution >= 0.6 is 0 Å². The van der Waals surface area contributed by atoms with Crippen LogP contribution in [0.1, 0.15) is 44.2 Å². The highest BCUT2D eigenvalue weighted by atomic mass is 16.3. The van der Waals surface area contributed by atoms with Gasteiger partial charge in [0.25, 0.3) is 0 Å². The van der Waals surface area contributed by atoms with E-state index in [1.165, 1.54) is 19.3 Å². The van der Waals surface area contributed by atoms with Crippen LogP contribution in [0, 0.1) is 11.8 Å². The van der Waals surface area contributed by atoms with Crippen molar-refractivity contribution in [3.05, 3.63) is 29.8 Å². The number of hydrogen-bond acceptors (Lipinski definition) is 3. The molecule has 1 saturated carbocycles. The molecular formula is C16H25NO2. The predicted molar refractivity (Wildman–Crippen MR) is 77.1 cm³/mol. The number of aliphatic hydroxyl groups excluding tert-OH is 1. The monoisotopic (exact) mass is 263 g/mol. The molecule has 3 N–H and O–H groups in total. The van der Waals surface area contributed by atoms with E-state index in [9.17, 15) is 10.2 Å². The van der Waals surface area contributed by atoms with Gasteiger partial charge in [-0.15, -0.1) is 0 Å². The Morgan fingerprint density at radius 1 is 1.26 bits per heavy atom. The molecule has 3 heteroatoms. The molecule has 2 rings (SSSR count). The van der Waals surface area contributed by atoms with E-state index in [4.69, 9.17) is 0 Å². The zero-order chi connectivity index (χ0) is 13.7. The normalized spacial score (nSPS) is 25.2. The summed E-state index contributed by atoms with van der Waals surface area (Å²) >= 11 is 0. The van der Waals surface area contributed by atoms with E-state index in [-0.39, 0.29) is 6.04 Å². The zero-order valence-electron chi connectivity index (χ0n) is 11.7. The van der Waals surface area contributed by atoms with Gasteiger partial charge in [0.05, 0.1) is 0 Å². The van der Waals surface area contributed by atoms with Crippen molar-refractivity contribution >= 4 is 0 Å². The Bertz CT molecular complexity index is 394. The van der Waals surface area contributed by atoms with Crippen LogP contribution in [0.15, 0.2) is 24.3 Å². The zero-order valence-corrected chi connectivity index (χ0v) is 11.7. The molecule has 3 atom stereocenters. The summed E-state index contributed by atoms with van der Waals surface area (Å²) in [4.78, 5) is 0. The number of aromatic hydroxyl groups is 1. The highest BCUT2D eigenvalue weighted by Gasteiger charge is 2.24. The Hall–Kier alpha value is -1.06. The number of nitrogens with one attached hydrogen (secondary N) is 1. The Balaban J connectivity index is 1.87. The SMILES string of the molecule is CC(NCC1CCCCC1CO)c1cccc(O)c1. The number of aliphatic hydroxyl groups is 1. The van der Waals surface area contributed by atoms with E-state index in [1.54, 1.807) is 6.07 Å². The second-order valence-corrected chi connectivity index (χ2v) is 5.71. The Morgan fingerprint density at radius 3 is 2.68 bits per heavy atom. The lowest BCUT2D eigenvalue weighted by Crippen LogP contribution is -2.33. The quantitative estimate of drug-likeness (QED) is 0.765. The molecule has 1 aromatic rings. The van der Waals surface area contributed by atoms with Gasteiger partial charge >= 0.3 is 0 Å². The van der Waals surface area contributed by atoms with Crippen LogP contribution in [-0.4, -0.2) is 23.4 Å². The number of rotatable bonds is 5. The van der Waals surface area contributed by atoms with E-state index in [1.807, 2.05) is 18.2 Å². The first-order valence-corrected chi connectivity index (χ1v) is 7.34. The maximum absolute atomic E-state index is 9.50. The van der Waals surface area contributed by atoms with Gasteiger partial charge in [-0.2, -0.15) is 0 Å². The predicted octanol–water partition coefficient (Wildman–Crippen LogP) is 2.84. The van der Waals surface area contributed by atoms with Crippen LogP contribution < -0.4 is 5.32 Å². The standard InChI is InChI=1S/C16H25NO2/c1-12(13-7-4-8-16(19)9-13)17-10-14-5-2-3-6-15(14)11-18/h4,7-9,12,14-15,17-19H,2-3,5-6,10-11H2,1H3. The Morgan fingerprint density at radius 2 is 2.00 bits per heavy atom. The lowest BCUT2D eigenvalue weighted by Gasteiger charge is -2.31. The minimum absolute atomic E-state index is 0.230. The van der Waals surface area contributed by atoms with Crippen LogP contribution in [-0.2, 0) is 0 Å². The minimum Gasteiger partial charge on any atom is -0.508 e. The van der Waals surface area contributed by atoms with Gasteiger partial charge in [-0.25, -0.2) is 0 Å². The smallest absolute Gasteiger partial charge is 0.115 e. The van der Waals surface area contributed by atoms with Gasteiger partial charge in [-0.1, -0.05) is 25.0 Å². The number of hydrogen-bond donors (Lipinski definition) is 3. The van der Waals surface area contributed by atoms with Crippen molar-refractivity contribution < 1.29 is 10.2 Å². The molecular weight excluding hydrogens is 238 g/mol. The third-order valence-electron chi connectivity index (χ3n) is 4.36. The molecule has 0 aromatic heterocycles. The van der Waals surface area contributed by atoms with E-state index in [0.717, 1.165) is 18.5 Å². The summed E-state index contributed by atoms with van der Waals surface area (Å²) in [6, 6.07) is 7.64. The fourth-order valence-electron chi connectivity index (χ4n) is 3.03. The van der Waals surface area contributed by atoms with E-state index in [0.29, 0.717) is 24.2 Å². The van der Waals surface area contributed by atoms with Crippen molar-refractivity contribution in [3.63, 3.8) is 0 Å². The third-order valence-corrected chi connectivity index (χ3v) is 4.36. The summed E-state index contributed by atoms with van der Waals surface area (Å²) in [6.07, 6.45) is 4.90. The summed E-state index contributed by atoms with van der Waals surface area (Å²) in [5.74, 6) is 1.35. The second kappa shape index (κ2) is 6.92. The molecule has 0 amide bonds. The third kappa shape index (κ3) is 3.95. The molecule has 3 unspecified atom stereocenters. The first-order valence-electron chi connectivity index (χ1n) is 7.34. The van der Waals surface area contributed by atoms with E-state index < -0.39 is 0 Å². The highest BCUT2D eigenvalue weighted by molar-refractivity contribution is 5.28. The maximum Gasteiger partial charge on any atom is 0.115 e. The van der Waals surface area contributed by atoms with Gasteiger partial charge in [0.1, 0.15) is 5.75 Å². The van der Waals surface area contributed by atoms with Gasteiger partial charge in [-0.05, 0) is 55.8 Å². The number of benzene rings is 1. The van der Waals surface area contributed by atoms with Gasteiger partial charge < -0.3 is 15.5 Å². The molecule has 0 aliphatic heterocycles. The van der Waals surface area contributed by atoms with E-state index >= 15 is 0 Å². The van der Waals surface area contributed by atoms with Crippen LogP contribution in [0.25, 0.3) is 0 Å². The summed E-state index contributed by atoms with van der Waals surface area (Å²) in [6.45, 7) is 3.38. The van der Waals surface area contributed by atoms with Crippen molar-refractivity contribution in [2.45, 2.75) is 38.6 Å². The molecule has 1 aromatic carbocycles. The van der Waals surface area contributed by atoms with Crippen LogP contribution in [0.4, 0.5) is 0 Å². The van der Waals surface area contributed by atoms with Crippen molar-refractivity contribution in [1.82, 2.24) is 5.32 Å². The van der Waals surface area contributed by atoms with Gasteiger partial charge in [0, 0.05) is 12.6 Å². The largest absolute Gasteiger partial charge is 0.508 e. The first-order chi connectivity index (χ1) is 9.20. The maximum atomic E-state index is 9.50. The first kappa shape index (κ1) is 14.4. The van der Waals surface area contributed by atoms with Gasteiger partial charge in [0.2, 0.25) is 0 Å². The van der Waals surface area contributed by atoms with Gasteiger partial charge in [-0.3, -0.25) is 0 Å². The molecule has 106 valence electrons. The summed E-state index contributed by atoms with van der Waals surface area (Å²) in [5, 5.41) is 22.5. The fraction of sp³-hybridized carbons (Fsp3) is 0.625. The fourth-order valence-corrected chi connectivity index (χ4v) is 3.03. The van der Waals surface area contributed by atoms with Crippen LogP contribution in [0.3, 0.4) is 0 Å². The Labute approximate surface area is 115 Å². The molecule has 0 saturated heterocycles. The molecule has 0 heterocycles. The highest BCUT2D eigenvalue weighted by Crippen LogP contribution is 2.29. The molecule has 1 aliphatic carbocycles. The number of phenols is 1. The van der Waals surface area contributed by atoms with Gasteiger partial charge in [0.15, 0.2) is 0 Å². The summed E-state index contributed by atoms with van der Waals surface area (Å²) in [7, 11) is 0. The lowest BCUT2D eigenvalue weighted by atomic mass is 9.79. The summed E-state index contributed by atoms with van der Waals surface area (Å²) in [5.41, 5.74) is 1.11. The topological polar surface area (TPSA) is 52.5 Å². The average Bonchev–Trinajstić information content (AvgIpc) is 2.45. The summed E-state index contributed by atoms with van der Waals surface area (Å²) < 4.78 is 0. The minimum atomic E-state index is 0.230. The molecule has 0 radical (unpaired) electrons. The lowest BCUT2D eigenvalue weighted by molar-refractivity contribution is 0.131. The number of phenolic OH excluding ortho intramolecular Hbond substituents is 1. The molecule has 0 spiro atoms. The van der Waals surface area contributed by atoms with Crippen molar-refractivity contribution in [1.29, 1.82) is 0 Å². The molecule has 1 fully saturated rings. The molecule has 19 heavy (non-hydrogen) atoms. The molecule has 3 nitrogen and oxygen atoms in total. The molecule has 0 bridgehead atoms.